The van der Waals surface area contributed by atoms with Crippen LogP contribution in [0.15, 0.2) is 66.9 Å². The molecule has 0 fully saturated rings. The molecule has 5 aromatic rings. The molecule has 0 saturated heterocycles. The number of anilines is 1. The largest absolute Gasteiger partial charge is 0.433 e. The van der Waals surface area contributed by atoms with E-state index in [0.29, 0.717) is 10.1 Å². The van der Waals surface area contributed by atoms with E-state index in [1.54, 1.807) is 24.3 Å². The molecule has 39 heavy (non-hydrogen) atoms. The lowest BCUT2D eigenvalue weighted by Crippen LogP contribution is -2.16. The summed E-state index contributed by atoms with van der Waals surface area (Å²) in [5.41, 5.74) is 0.858. The number of benzene rings is 2. The first-order valence-corrected chi connectivity index (χ1v) is 12.2. The van der Waals surface area contributed by atoms with Gasteiger partial charge in [-0.2, -0.15) is 23.4 Å². The molecule has 0 bridgehead atoms. The summed E-state index contributed by atoms with van der Waals surface area (Å²) in [6.07, 6.45) is -3.29. The number of aromatic nitrogens is 5. The summed E-state index contributed by atoms with van der Waals surface area (Å²) in [7, 11) is 0. The third kappa shape index (κ3) is 5.63. The van der Waals surface area contributed by atoms with Gasteiger partial charge in [-0.05, 0) is 35.2 Å². The minimum atomic E-state index is -4.75. The number of hydrogen-bond acceptors (Lipinski definition) is 4. The number of nitrogens with zero attached hydrogens (tertiary/aromatic N) is 5. The maximum atomic E-state index is 14.0. The lowest BCUT2D eigenvalue weighted by Gasteiger charge is -2.11. The van der Waals surface area contributed by atoms with Crippen molar-refractivity contribution in [3.8, 4) is 11.3 Å². The molecule has 12 heteroatoms. The highest BCUT2D eigenvalue weighted by Crippen LogP contribution is 2.33. The SMILES string of the molecule is CC(C)c1ccc(-c2cc(C(F)(F)F)n3nc(C(=O)Nc4nn(Cc5ccc(F)cc5)cc4Cl)cc3n2)cc1. The van der Waals surface area contributed by atoms with E-state index in [4.69, 9.17) is 11.6 Å². The van der Waals surface area contributed by atoms with Crippen molar-refractivity contribution in [3.63, 3.8) is 0 Å². The van der Waals surface area contributed by atoms with Gasteiger partial charge >= 0.3 is 6.18 Å². The van der Waals surface area contributed by atoms with Gasteiger partial charge in [0.1, 0.15) is 10.8 Å². The Morgan fingerprint density at radius 3 is 2.36 bits per heavy atom. The smallest absolute Gasteiger partial charge is 0.302 e. The number of amides is 1. The van der Waals surface area contributed by atoms with Gasteiger partial charge in [0.15, 0.2) is 22.9 Å². The molecule has 1 N–H and O–H groups in total. The molecule has 0 aliphatic carbocycles. The molecular formula is C27H21ClF4N6O. The van der Waals surface area contributed by atoms with Gasteiger partial charge in [0, 0.05) is 17.8 Å². The summed E-state index contributed by atoms with van der Waals surface area (Å²) < 4.78 is 57.1. The second-order valence-electron chi connectivity index (χ2n) is 9.20. The van der Waals surface area contributed by atoms with Crippen LogP contribution >= 0.6 is 11.6 Å². The Morgan fingerprint density at radius 1 is 1.03 bits per heavy atom. The Labute approximate surface area is 225 Å². The van der Waals surface area contributed by atoms with Gasteiger partial charge in [-0.3, -0.25) is 9.48 Å². The lowest BCUT2D eigenvalue weighted by atomic mass is 10.0. The van der Waals surface area contributed by atoms with Crippen molar-refractivity contribution >= 4 is 29.0 Å². The number of hydrogen-bond donors (Lipinski definition) is 1. The van der Waals surface area contributed by atoms with E-state index < -0.39 is 17.8 Å². The molecule has 0 atom stereocenters. The zero-order valence-electron chi connectivity index (χ0n) is 20.7. The van der Waals surface area contributed by atoms with Crippen LogP contribution in [0.1, 0.15) is 47.1 Å². The van der Waals surface area contributed by atoms with Crippen molar-refractivity contribution in [1.29, 1.82) is 0 Å². The molecule has 2 aromatic carbocycles. The molecule has 0 aliphatic heterocycles. The van der Waals surface area contributed by atoms with Gasteiger partial charge in [0.2, 0.25) is 0 Å². The van der Waals surface area contributed by atoms with E-state index in [0.717, 1.165) is 17.2 Å². The third-order valence-electron chi connectivity index (χ3n) is 6.03. The number of carbonyl (C=O) groups is 1. The molecule has 0 unspecified atom stereocenters. The highest BCUT2D eigenvalue weighted by molar-refractivity contribution is 6.33. The number of fused-ring (bicyclic) bond motifs is 1. The summed E-state index contributed by atoms with van der Waals surface area (Å²) >= 11 is 6.21. The monoisotopic (exact) mass is 556 g/mol. The Kier molecular flexibility index (Phi) is 6.85. The van der Waals surface area contributed by atoms with Crippen LogP contribution < -0.4 is 5.32 Å². The fourth-order valence-electron chi connectivity index (χ4n) is 3.99. The number of alkyl halides is 3. The summed E-state index contributed by atoms with van der Waals surface area (Å²) in [6, 6.07) is 15.0. The summed E-state index contributed by atoms with van der Waals surface area (Å²) in [5, 5.41) is 10.7. The van der Waals surface area contributed by atoms with Crippen LogP contribution in [0.5, 0.6) is 0 Å². The van der Waals surface area contributed by atoms with Gasteiger partial charge < -0.3 is 5.32 Å². The molecule has 3 aromatic heterocycles. The van der Waals surface area contributed by atoms with Crippen molar-refractivity contribution < 1.29 is 22.4 Å². The third-order valence-corrected chi connectivity index (χ3v) is 6.31. The summed E-state index contributed by atoms with van der Waals surface area (Å²) in [5.74, 6) is -0.933. The average molecular weight is 557 g/mol. The molecule has 5 rings (SSSR count). The molecular weight excluding hydrogens is 536 g/mol. The van der Waals surface area contributed by atoms with E-state index in [1.807, 2.05) is 26.0 Å². The van der Waals surface area contributed by atoms with Crippen molar-refractivity contribution in [2.75, 3.05) is 5.32 Å². The fraction of sp³-hybridized carbons (Fsp3) is 0.185. The van der Waals surface area contributed by atoms with E-state index in [9.17, 15) is 22.4 Å². The van der Waals surface area contributed by atoms with Gasteiger partial charge in [0.25, 0.3) is 5.91 Å². The standard InChI is InChI=1S/C27H21ClF4N6O/c1-15(2)17-5-7-18(8-6-17)21-11-23(27(30,31)32)38-24(33-21)12-22(35-38)26(39)34-25-20(28)14-37(36-25)13-16-3-9-19(29)10-4-16/h3-12,14-15H,13H2,1-2H3,(H,34,36,39). The van der Waals surface area contributed by atoms with E-state index in [-0.39, 0.29) is 46.2 Å². The Bertz CT molecular complexity index is 1660. The van der Waals surface area contributed by atoms with Gasteiger partial charge in [-0.15, -0.1) is 0 Å². The zero-order chi connectivity index (χ0) is 27.9. The normalized spacial score (nSPS) is 11.9. The first-order chi connectivity index (χ1) is 18.5. The quantitative estimate of drug-likeness (QED) is 0.233. The number of carbonyl (C=O) groups excluding carboxylic acids is 1. The van der Waals surface area contributed by atoms with E-state index in [2.05, 4.69) is 20.5 Å². The summed E-state index contributed by atoms with van der Waals surface area (Å²) in [6.45, 7) is 4.29. The second-order valence-corrected chi connectivity index (χ2v) is 9.61. The maximum absolute atomic E-state index is 14.0. The van der Waals surface area contributed by atoms with Crippen molar-refractivity contribution in [1.82, 2.24) is 24.4 Å². The highest BCUT2D eigenvalue weighted by atomic mass is 35.5. The molecule has 1 amide bonds. The van der Waals surface area contributed by atoms with Crippen molar-refractivity contribution in [2.24, 2.45) is 0 Å². The molecule has 0 spiro atoms. The minimum Gasteiger partial charge on any atom is -0.302 e. The predicted molar refractivity (Wildman–Crippen MR) is 138 cm³/mol. The number of rotatable bonds is 6. The molecule has 0 radical (unpaired) electrons. The van der Waals surface area contributed by atoms with Crippen molar-refractivity contribution in [3.05, 3.63) is 100 Å². The summed E-state index contributed by atoms with van der Waals surface area (Å²) in [4.78, 5) is 17.2. The molecule has 7 nitrogen and oxygen atoms in total. The van der Waals surface area contributed by atoms with Crippen LogP contribution in [0.2, 0.25) is 5.02 Å². The predicted octanol–water partition coefficient (Wildman–Crippen LogP) is 6.83. The fourth-order valence-corrected chi connectivity index (χ4v) is 4.18. The van der Waals surface area contributed by atoms with Crippen LogP contribution in [0.25, 0.3) is 16.9 Å². The minimum absolute atomic E-state index is 0.00392. The second kappa shape index (κ2) is 10.1. The van der Waals surface area contributed by atoms with Gasteiger partial charge in [-0.1, -0.05) is 61.8 Å². The number of nitrogens with one attached hydrogen (secondary N) is 1. The van der Waals surface area contributed by atoms with Crippen LogP contribution in [0, 0.1) is 5.82 Å². The topological polar surface area (TPSA) is 77.1 Å². The average Bonchev–Trinajstić information content (AvgIpc) is 3.47. The Balaban J connectivity index is 1.44. The van der Waals surface area contributed by atoms with E-state index in [1.165, 1.54) is 29.1 Å². The van der Waals surface area contributed by atoms with E-state index >= 15 is 0 Å². The number of halogens is 5. The van der Waals surface area contributed by atoms with Crippen LogP contribution in [0.4, 0.5) is 23.4 Å². The molecule has 200 valence electrons. The Morgan fingerprint density at radius 2 is 1.72 bits per heavy atom. The van der Waals surface area contributed by atoms with Crippen LogP contribution in [0.3, 0.4) is 0 Å². The highest BCUT2D eigenvalue weighted by Gasteiger charge is 2.35. The van der Waals surface area contributed by atoms with Crippen LogP contribution in [-0.4, -0.2) is 30.3 Å². The molecule has 0 saturated carbocycles. The Hall–Kier alpha value is -4.25. The molecule has 0 aliphatic rings. The van der Waals surface area contributed by atoms with Gasteiger partial charge in [-0.25, -0.2) is 13.9 Å². The van der Waals surface area contributed by atoms with Gasteiger partial charge in [0.05, 0.1) is 12.2 Å². The van der Waals surface area contributed by atoms with Crippen LogP contribution in [-0.2, 0) is 12.7 Å². The zero-order valence-corrected chi connectivity index (χ0v) is 21.4. The first-order valence-electron chi connectivity index (χ1n) is 11.8. The first kappa shape index (κ1) is 26.4. The lowest BCUT2D eigenvalue weighted by molar-refractivity contribution is -0.142. The molecule has 3 heterocycles. The van der Waals surface area contributed by atoms with Crippen molar-refractivity contribution in [2.45, 2.75) is 32.5 Å². The maximum Gasteiger partial charge on any atom is 0.433 e.